The van der Waals surface area contributed by atoms with Crippen LogP contribution in [0.4, 0.5) is 0 Å². The Bertz CT molecular complexity index is 151. The Morgan fingerprint density at radius 2 is 1.79 bits per heavy atom. The maximum Gasteiger partial charge on any atom is 0.00768 e. The van der Waals surface area contributed by atoms with Gasteiger partial charge in [-0.25, -0.2) is 0 Å². The quantitative estimate of drug-likeness (QED) is 0.683. The topological polar surface area (TPSA) is 3.24 Å². The lowest BCUT2D eigenvalue weighted by atomic mass is 9.81. The number of hydrogen-bond acceptors (Lipinski definition) is 1. The summed E-state index contributed by atoms with van der Waals surface area (Å²) >= 11 is 3.62. The van der Waals surface area contributed by atoms with Gasteiger partial charge >= 0.3 is 0 Å². The molecule has 2 unspecified atom stereocenters. The molecule has 0 aromatic heterocycles. The van der Waals surface area contributed by atoms with Crippen molar-refractivity contribution in [1.29, 1.82) is 0 Å². The summed E-state index contributed by atoms with van der Waals surface area (Å²) in [5.74, 6) is 0.724. The van der Waals surface area contributed by atoms with Crippen molar-refractivity contribution in [2.45, 2.75) is 47.1 Å². The summed E-state index contributed by atoms with van der Waals surface area (Å²) < 4.78 is 0. The maximum atomic E-state index is 3.62. The van der Waals surface area contributed by atoms with Crippen LogP contribution in [0.1, 0.15) is 41.0 Å². The zero-order valence-electron chi connectivity index (χ0n) is 10.6. The fraction of sp³-hybridized carbons (Fsp3) is 1.00. The number of rotatable bonds is 5. The first kappa shape index (κ1) is 14.4. The first-order valence-electron chi connectivity index (χ1n) is 5.59. The summed E-state index contributed by atoms with van der Waals surface area (Å²) in [4.78, 5) is 2.47. The molecule has 0 saturated heterocycles. The smallest absolute Gasteiger partial charge is 0.00768 e. The van der Waals surface area contributed by atoms with Crippen molar-refractivity contribution in [2.75, 3.05) is 18.9 Å². The second-order valence-electron chi connectivity index (χ2n) is 5.41. The van der Waals surface area contributed by atoms with Crippen LogP contribution in [0.2, 0.25) is 0 Å². The van der Waals surface area contributed by atoms with E-state index in [0.717, 1.165) is 11.2 Å². The summed E-state index contributed by atoms with van der Waals surface area (Å²) in [5, 5.41) is 1.09. The molecule has 1 nitrogen and oxygen atoms in total. The molecule has 0 radical (unpaired) electrons. The third kappa shape index (κ3) is 4.79. The summed E-state index contributed by atoms with van der Waals surface area (Å²) in [6, 6.07) is 0.693. The van der Waals surface area contributed by atoms with Gasteiger partial charge in [-0.15, -0.1) is 0 Å². The van der Waals surface area contributed by atoms with Crippen molar-refractivity contribution in [1.82, 2.24) is 4.90 Å². The van der Waals surface area contributed by atoms with Crippen molar-refractivity contribution < 1.29 is 0 Å². The van der Waals surface area contributed by atoms with Crippen LogP contribution in [0.3, 0.4) is 0 Å². The van der Waals surface area contributed by atoms with E-state index < -0.39 is 0 Å². The Morgan fingerprint density at radius 3 is 2.07 bits per heavy atom. The largest absolute Gasteiger partial charge is 0.303 e. The molecule has 0 saturated carbocycles. The minimum absolute atomic E-state index is 0.394. The molecular formula is C12H26BrN. The molecule has 14 heavy (non-hydrogen) atoms. The summed E-state index contributed by atoms with van der Waals surface area (Å²) in [5.41, 5.74) is 0.394. The van der Waals surface area contributed by atoms with Gasteiger partial charge in [0.15, 0.2) is 0 Å². The summed E-state index contributed by atoms with van der Waals surface area (Å²) in [6.07, 6.45) is 1.23. The van der Waals surface area contributed by atoms with Gasteiger partial charge in [0, 0.05) is 17.9 Å². The second-order valence-corrected chi connectivity index (χ2v) is 6.06. The van der Waals surface area contributed by atoms with E-state index in [4.69, 9.17) is 0 Å². The van der Waals surface area contributed by atoms with Crippen LogP contribution in [0.5, 0.6) is 0 Å². The van der Waals surface area contributed by atoms with Crippen LogP contribution in [-0.4, -0.2) is 29.9 Å². The van der Waals surface area contributed by atoms with Crippen molar-refractivity contribution in [2.24, 2.45) is 11.3 Å². The van der Waals surface area contributed by atoms with Gasteiger partial charge in [-0.05, 0) is 31.7 Å². The summed E-state index contributed by atoms with van der Waals surface area (Å²) in [7, 11) is 2.23. The monoisotopic (exact) mass is 263 g/mol. The van der Waals surface area contributed by atoms with Crippen LogP contribution in [0.15, 0.2) is 0 Å². The first-order chi connectivity index (χ1) is 6.32. The van der Waals surface area contributed by atoms with E-state index in [9.17, 15) is 0 Å². The lowest BCUT2D eigenvalue weighted by Gasteiger charge is -2.35. The van der Waals surface area contributed by atoms with Gasteiger partial charge in [0.2, 0.25) is 0 Å². The zero-order chi connectivity index (χ0) is 11.4. The minimum atomic E-state index is 0.394. The molecule has 86 valence electrons. The highest BCUT2D eigenvalue weighted by Gasteiger charge is 2.25. The van der Waals surface area contributed by atoms with E-state index in [1.54, 1.807) is 0 Å². The van der Waals surface area contributed by atoms with Crippen molar-refractivity contribution in [3.8, 4) is 0 Å². The molecule has 0 aliphatic heterocycles. The molecule has 0 aliphatic rings. The van der Waals surface area contributed by atoms with Gasteiger partial charge in [-0.1, -0.05) is 43.6 Å². The molecule has 0 heterocycles. The molecule has 0 amide bonds. The van der Waals surface area contributed by atoms with Gasteiger partial charge in [0.1, 0.15) is 0 Å². The maximum absolute atomic E-state index is 3.62. The van der Waals surface area contributed by atoms with Gasteiger partial charge in [-0.2, -0.15) is 0 Å². The standard InChI is InChI=1S/C12H26BrN/c1-7-10(2)14(6)9-11(8-13)12(3,4)5/h10-11H,7-9H2,1-6H3. The van der Waals surface area contributed by atoms with Crippen LogP contribution in [-0.2, 0) is 0 Å². The van der Waals surface area contributed by atoms with E-state index in [1.807, 2.05) is 0 Å². The molecule has 0 spiro atoms. The first-order valence-corrected chi connectivity index (χ1v) is 6.71. The Morgan fingerprint density at radius 1 is 1.29 bits per heavy atom. The van der Waals surface area contributed by atoms with Crippen molar-refractivity contribution >= 4 is 15.9 Å². The number of hydrogen-bond donors (Lipinski definition) is 0. The Hall–Kier alpha value is 0.440. The Balaban J connectivity index is 4.19. The lowest BCUT2D eigenvalue weighted by Crippen LogP contribution is -2.38. The van der Waals surface area contributed by atoms with E-state index in [0.29, 0.717) is 11.5 Å². The zero-order valence-corrected chi connectivity index (χ0v) is 12.2. The molecule has 0 aromatic carbocycles. The van der Waals surface area contributed by atoms with Crippen LogP contribution in [0.25, 0.3) is 0 Å². The predicted molar refractivity (Wildman–Crippen MR) is 69.1 cm³/mol. The van der Waals surface area contributed by atoms with Gasteiger partial charge < -0.3 is 4.90 Å². The van der Waals surface area contributed by atoms with E-state index in [-0.39, 0.29) is 0 Å². The molecule has 0 fully saturated rings. The average molecular weight is 264 g/mol. The van der Waals surface area contributed by atoms with E-state index >= 15 is 0 Å². The van der Waals surface area contributed by atoms with Crippen LogP contribution < -0.4 is 0 Å². The Kier molecular flexibility index (Phi) is 6.31. The highest BCUT2D eigenvalue weighted by atomic mass is 79.9. The lowest BCUT2D eigenvalue weighted by molar-refractivity contribution is 0.156. The highest BCUT2D eigenvalue weighted by molar-refractivity contribution is 9.09. The van der Waals surface area contributed by atoms with Crippen LogP contribution >= 0.6 is 15.9 Å². The second kappa shape index (κ2) is 6.12. The Labute approximate surface area is 98.4 Å². The molecule has 0 rings (SSSR count). The third-order valence-electron chi connectivity index (χ3n) is 3.26. The molecule has 0 aromatic rings. The minimum Gasteiger partial charge on any atom is -0.303 e. The normalized spacial score (nSPS) is 17.1. The highest BCUT2D eigenvalue weighted by Crippen LogP contribution is 2.28. The third-order valence-corrected chi connectivity index (χ3v) is 4.04. The van der Waals surface area contributed by atoms with Gasteiger partial charge in [0.05, 0.1) is 0 Å². The van der Waals surface area contributed by atoms with E-state index in [2.05, 4.69) is 62.5 Å². The van der Waals surface area contributed by atoms with E-state index in [1.165, 1.54) is 13.0 Å². The molecule has 2 heteroatoms. The fourth-order valence-electron chi connectivity index (χ4n) is 1.39. The molecular weight excluding hydrogens is 238 g/mol. The number of nitrogens with zero attached hydrogens (tertiary/aromatic N) is 1. The van der Waals surface area contributed by atoms with Gasteiger partial charge in [0.25, 0.3) is 0 Å². The molecule has 0 N–H and O–H groups in total. The van der Waals surface area contributed by atoms with Gasteiger partial charge in [-0.3, -0.25) is 0 Å². The molecule has 0 bridgehead atoms. The SMILES string of the molecule is CCC(C)N(C)CC(CBr)C(C)(C)C. The van der Waals surface area contributed by atoms with Crippen molar-refractivity contribution in [3.05, 3.63) is 0 Å². The summed E-state index contributed by atoms with van der Waals surface area (Å²) in [6.45, 7) is 12.7. The molecule has 2 atom stereocenters. The molecule has 0 aliphatic carbocycles. The number of halogens is 1. The van der Waals surface area contributed by atoms with Crippen molar-refractivity contribution in [3.63, 3.8) is 0 Å². The number of alkyl halides is 1. The predicted octanol–water partition coefficient (Wildman–Crippen LogP) is 3.77. The van der Waals surface area contributed by atoms with Crippen LogP contribution in [0, 0.1) is 11.3 Å². The average Bonchev–Trinajstić information content (AvgIpc) is 2.10. The fourth-order valence-corrected chi connectivity index (χ4v) is 2.57.